The van der Waals surface area contributed by atoms with Crippen LogP contribution in [0.4, 0.5) is 0 Å². The minimum Gasteiger partial charge on any atom is -0.508 e. The van der Waals surface area contributed by atoms with E-state index in [-0.39, 0.29) is 28.1 Å². The maximum absolute atomic E-state index is 13.2. The second-order valence-corrected chi connectivity index (χ2v) is 10.4. The molecule has 0 atom stereocenters. The quantitative estimate of drug-likeness (QED) is 0.695. The average Bonchev–Trinajstić information content (AvgIpc) is 2.52. The Bertz CT molecular complexity index is 916. The second-order valence-electron chi connectivity index (χ2n) is 9.93. The predicted molar refractivity (Wildman–Crippen MR) is 109 cm³/mol. The van der Waals surface area contributed by atoms with Gasteiger partial charge >= 0.3 is 0 Å². The number of allylic oxidation sites excluding steroid dienone is 4. The van der Waals surface area contributed by atoms with Gasteiger partial charge in [0.2, 0.25) is 0 Å². The van der Waals surface area contributed by atoms with Crippen molar-refractivity contribution in [2.75, 3.05) is 0 Å². The third kappa shape index (κ3) is 3.18. The molecule has 1 heterocycles. The summed E-state index contributed by atoms with van der Waals surface area (Å²) in [7, 11) is 0. The van der Waals surface area contributed by atoms with Crippen LogP contribution < -0.4 is 5.32 Å². The summed E-state index contributed by atoms with van der Waals surface area (Å²) in [4.78, 5) is 26.4. The zero-order valence-electron chi connectivity index (χ0n) is 16.8. The maximum atomic E-state index is 13.2. The van der Waals surface area contributed by atoms with E-state index in [9.17, 15) is 14.7 Å². The Labute approximate surface area is 170 Å². The molecular formula is C23H26ClNO3. The van der Waals surface area contributed by atoms with Gasteiger partial charge in [-0.05, 0) is 41.9 Å². The number of hydrogen-bond donors (Lipinski definition) is 2. The van der Waals surface area contributed by atoms with E-state index in [1.807, 2.05) is 0 Å². The molecule has 0 spiro atoms. The van der Waals surface area contributed by atoms with Crippen molar-refractivity contribution in [3.63, 3.8) is 0 Å². The standard InChI is InChI=1S/C23H26ClNO3/c1-22(2)8-14-20(17(27)10-22)19(13-7-12(24)5-6-16(13)26)21-15(25-14)9-23(3,4)11-18(21)28/h5-7,19,25-26H,8-11H2,1-4H3. The molecule has 4 nitrogen and oxygen atoms in total. The molecule has 1 aromatic carbocycles. The molecule has 0 radical (unpaired) electrons. The lowest BCUT2D eigenvalue weighted by Gasteiger charge is -2.44. The Hall–Kier alpha value is -2.07. The summed E-state index contributed by atoms with van der Waals surface area (Å²) < 4.78 is 0. The van der Waals surface area contributed by atoms with Crippen molar-refractivity contribution in [2.24, 2.45) is 10.8 Å². The van der Waals surface area contributed by atoms with E-state index in [1.165, 1.54) is 6.07 Å². The van der Waals surface area contributed by atoms with Crippen LogP contribution >= 0.6 is 11.6 Å². The summed E-state index contributed by atoms with van der Waals surface area (Å²) in [5, 5.41) is 14.5. The molecule has 1 aromatic rings. The van der Waals surface area contributed by atoms with Gasteiger partial charge in [0, 0.05) is 51.9 Å². The number of halogens is 1. The Morgan fingerprint density at radius 1 is 0.929 bits per heavy atom. The number of carbonyl (C=O) groups excluding carboxylic acids is 2. The topological polar surface area (TPSA) is 66.4 Å². The van der Waals surface area contributed by atoms with E-state index in [2.05, 4.69) is 33.0 Å². The number of phenols is 1. The van der Waals surface area contributed by atoms with Crippen LogP contribution in [0.3, 0.4) is 0 Å². The molecule has 0 amide bonds. The molecule has 0 unspecified atom stereocenters. The second kappa shape index (κ2) is 6.21. The fourth-order valence-electron chi connectivity index (χ4n) is 4.96. The monoisotopic (exact) mass is 399 g/mol. The lowest BCUT2D eigenvalue weighted by molar-refractivity contribution is -0.119. The molecule has 28 heavy (non-hydrogen) atoms. The van der Waals surface area contributed by atoms with Gasteiger partial charge in [-0.25, -0.2) is 0 Å². The molecule has 1 aliphatic heterocycles. The Morgan fingerprint density at radius 2 is 1.43 bits per heavy atom. The molecule has 148 valence electrons. The molecule has 0 saturated carbocycles. The van der Waals surface area contributed by atoms with Crippen LogP contribution in [0.1, 0.15) is 64.9 Å². The largest absolute Gasteiger partial charge is 0.508 e. The van der Waals surface area contributed by atoms with Gasteiger partial charge in [-0.1, -0.05) is 39.3 Å². The van der Waals surface area contributed by atoms with E-state index in [1.54, 1.807) is 12.1 Å². The van der Waals surface area contributed by atoms with E-state index < -0.39 is 5.92 Å². The van der Waals surface area contributed by atoms with Crippen LogP contribution in [0.25, 0.3) is 0 Å². The molecular weight excluding hydrogens is 374 g/mol. The average molecular weight is 400 g/mol. The van der Waals surface area contributed by atoms with Crippen molar-refractivity contribution in [3.8, 4) is 5.75 Å². The number of ketones is 2. The van der Waals surface area contributed by atoms with Crippen LogP contribution in [0.5, 0.6) is 5.75 Å². The molecule has 2 aliphatic carbocycles. The summed E-state index contributed by atoms with van der Waals surface area (Å²) in [6.45, 7) is 8.34. The molecule has 0 saturated heterocycles. The zero-order valence-corrected chi connectivity index (χ0v) is 17.5. The van der Waals surface area contributed by atoms with Gasteiger partial charge < -0.3 is 10.4 Å². The number of benzene rings is 1. The molecule has 4 rings (SSSR count). The molecule has 0 fully saturated rings. The van der Waals surface area contributed by atoms with E-state index in [4.69, 9.17) is 11.6 Å². The molecule has 3 aliphatic rings. The smallest absolute Gasteiger partial charge is 0.162 e. The van der Waals surface area contributed by atoms with Crippen LogP contribution in [-0.2, 0) is 9.59 Å². The first-order valence-corrected chi connectivity index (χ1v) is 10.1. The minimum absolute atomic E-state index is 0.0345. The van der Waals surface area contributed by atoms with Gasteiger partial charge in [0.1, 0.15) is 5.75 Å². The highest BCUT2D eigenvalue weighted by Gasteiger charge is 2.46. The first-order valence-electron chi connectivity index (χ1n) is 9.75. The van der Waals surface area contributed by atoms with Crippen molar-refractivity contribution in [2.45, 2.75) is 59.3 Å². The molecule has 5 heteroatoms. The summed E-state index contributed by atoms with van der Waals surface area (Å²) in [6.07, 6.45) is 2.32. The maximum Gasteiger partial charge on any atom is 0.162 e. The van der Waals surface area contributed by atoms with E-state index in [0.717, 1.165) is 24.2 Å². The first-order chi connectivity index (χ1) is 13.0. The number of Topliss-reactive ketones (excluding diaryl/α,β-unsaturated/α-hetero) is 2. The Kier molecular flexibility index (Phi) is 4.27. The van der Waals surface area contributed by atoms with Gasteiger partial charge in [0.15, 0.2) is 11.6 Å². The highest BCUT2D eigenvalue weighted by atomic mass is 35.5. The number of aromatic hydroxyl groups is 1. The zero-order chi connectivity index (χ0) is 20.4. The fourth-order valence-corrected chi connectivity index (χ4v) is 5.14. The predicted octanol–water partition coefficient (Wildman–Crippen LogP) is 5.02. The Balaban J connectivity index is 1.96. The van der Waals surface area contributed by atoms with Gasteiger partial charge in [0.05, 0.1) is 0 Å². The van der Waals surface area contributed by atoms with Gasteiger partial charge in [-0.15, -0.1) is 0 Å². The van der Waals surface area contributed by atoms with Gasteiger partial charge in [-0.3, -0.25) is 9.59 Å². The summed E-state index contributed by atoms with van der Waals surface area (Å²) in [6, 6.07) is 4.83. The molecule has 2 N–H and O–H groups in total. The summed E-state index contributed by atoms with van der Waals surface area (Å²) in [5.74, 6) is -0.429. The lowest BCUT2D eigenvalue weighted by Crippen LogP contribution is -2.42. The molecule has 0 bridgehead atoms. The number of dihydropyridines is 1. The van der Waals surface area contributed by atoms with Crippen molar-refractivity contribution < 1.29 is 14.7 Å². The third-order valence-corrected chi connectivity index (χ3v) is 6.25. The van der Waals surface area contributed by atoms with Crippen LogP contribution in [-0.4, -0.2) is 16.7 Å². The van der Waals surface area contributed by atoms with Gasteiger partial charge in [-0.2, -0.15) is 0 Å². The van der Waals surface area contributed by atoms with Crippen LogP contribution in [0.15, 0.2) is 40.7 Å². The van der Waals surface area contributed by atoms with Crippen molar-refractivity contribution >= 4 is 23.2 Å². The van der Waals surface area contributed by atoms with Crippen molar-refractivity contribution in [1.29, 1.82) is 0 Å². The summed E-state index contributed by atoms with van der Waals surface area (Å²) in [5.41, 5.74) is 3.25. The van der Waals surface area contributed by atoms with Crippen molar-refractivity contribution in [3.05, 3.63) is 51.3 Å². The normalized spacial score (nSPS) is 24.0. The first kappa shape index (κ1) is 19.3. The van der Waals surface area contributed by atoms with E-state index in [0.29, 0.717) is 34.6 Å². The number of phenolic OH excluding ortho intramolecular Hbond substituents is 1. The fraction of sp³-hybridized carbons (Fsp3) is 0.478. The SMILES string of the molecule is CC1(C)CC(=O)C2=C(C1)NC1=C(C(=O)CC(C)(C)C1)C2c1cc(Cl)ccc1O. The lowest BCUT2D eigenvalue weighted by atomic mass is 9.64. The number of hydrogen-bond acceptors (Lipinski definition) is 4. The minimum atomic E-state index is -0.558. The van der Waals surface area contributed by atoms with Crippen LogP contribution in [0.2, 0.25) is 5.02 Å². The summed E-state index contributed by atoms with van der Waals surface area (Å²) >= 11 is 6.22. The van der Waals surface area contributed by atoms with E-state index >= 15 is 0 Å². The number of nitrogens with one attached hydrogen (secondary N) is 1. The highest BCUT2D eigenvalue weighted by Crippen LogP contribution is 2.52. The van der Waals surface area contributed by atoms with Gasteiger partial charge in [0.25, 0.3) is 0 Å². The number of rotatable bonds is 1. The molecule has 0 aromatic heterocycles. The Morgan fingerprint density at radius 3 is 1.93 bits per heavy atom. The number of carbonyl (C=O) groups is 2. The third-order valence-electron chi connectivity index (χ3n) is 6.02. The highest BCUT2D eigenvalue weighted by molar-refractivity contribution is 6.30. The van der Waals surface area contributed by atoms with Crippen molar-refractivity contribution in [1.82, 2.24) is 5.32 Å². The van der Waals surface area contributed by atoms with Crippen LogP contribution in [0, 0.1) is 10.8 Å².